The average molecular weight is 382 g/mol. The minimum atomic E-state index is -2.41. The molecule has 25 heavy (non-hydrogen) atoms. The highest BCUT2D eigenvalue weighted by Crippen LogP contribution is 2.26. The molecule has 0 fully saturated rings. The summed E-state index contributed by atoms with van der Waals surface area (Å²) in [5.41, 5.74) is 1.96. The second-order valence-electron chi connectivity index (χ2n) is 5.39. The highest BCUT2D eigenvalue weighted by Gasteiger charge is 2.05. The van der Waals surface area contributed by atoms with Crippen molar-refractivity contribution >= 4 is 40.5 Å². The van der Waals surface area contributed by atoms with Gasteiger partial charge >= 0.3 is 0 Å². The number of nitrogens with one attached hydrogen (secondary N) is 2. The predicted octanol–water partition coefficient (Wildman–Crippen LogP) is 4.81. The summed E-state index contributed by atoms with van der Waals surface area (Å²) in [6.45, 7) is 1.67. The van der Waals surface area contributed by atoms with E-state index in [-0.39, 0.29) is 0 Å². The van der Waals surface area contributed by atoms with E-state index in [9.17, 15) is 8.78 Å². The minimum absolute atomic E-state index is 0.525. The number of nitrogens with zero attached hydrogens (tertiary/aromatic N) is 1. The van der Waals surface area contributed by atoms with Crippen LogP contribution in [-0.2, 0) is 0 Å². The van der Waals surface area contributed by atoms with Crippen molar-refractivity contribution in [3.63, 3.8) is 0 Å². The van der Waals surface area contributed by atoms with E-state index >= 15 is 0 Å². The summed E-state index contributed by atoms with van der Waals surface area (Å²) in [7, 11) is 2.06. The van der Waals surface area contributed by atoms with E-state index in [0.717, 1.165) is 25.2 Å². The van der Waals surface area contributed by atoms with Gasteiger partial charge in [0.25, 0.3) is 5.76 Å². The van der Waals surface area contributed by atoms with Crippen LogP contribution in [0.15, 0.2) is 59.5 Å². The zero-order valence-corrected chi connectivity index (χ0v) is 15.5. The Morgan fingerprint density at radius 2 is 1.80 bits per heavy atom. The summed E-state index contributed by atoms with van der Waals surface area (Å²) in [4.78, 5) is 2.72. The Bertz CT molecular complexity index is 651. The van der Waals surface area contributed by atoms with Gasteiger partial charge in [-0.1, -0.05) is 30.0 Å². The zero-order chi connectivity index (χ0) is 18.1. The van der Waals surface area contributed by atoms with Crippen molar-refractivity contribution in [2.45, 2.75) is 17.1 Å². The second kappa shape index (κ2) is 10.2. The molecule has 0 aromatic heterocycles. The van der Waals surface area contributed by atoms with Crippen LogP contribution in [0.25, 0.3) is 0 Å². The fraction of sp³-hybridized carbons (Fsp3) is 0.278. The monoisotopic (exact) mass is 381 g/mol. The largest absolute Gasteiger partial charge is 0.375 e. The normalized spacial score (nSPS) is 10.6. The SMILES string of the molecule is CN(CCCNC(=S)Nc1ccc(SC(F)F)cc1)c1ccccc1. The summed E-state index contributed by atoms with van der Waals surface area (Å²) in [5.74, 6) is -2.41. The molecular weight excluding hydrogens is 360 g/mol. The number of hydrogen-bond acceptors (Lipinski definition) is 3. The molecule has 0 amide bonds. The van der Waals surface area contributed by atoms with Gasteiger partial charge in [0, 0.05) is 36.4 Å². The van der Waals surface area contributed by atoms with E-state index in [4.69, 9.17) is 12.2 Å². The number of thioether (sulfide) groups is 1. The van der Waals surface area contributed by atoms with Crippen molar-refractivity contribution in [3.05, 3.63) is 54.6 Å². The molecule has 0 bridgehead atoms. The predicted molar refractivity (Wildman–Crippen MR) is 107 cm³/mol. The topological polar surface area (TPSA) is 27.3 Å². The molecule has 0 aliphatic heterocycles. The van der Waals surface area contributed by atoms with Crippen LogP contribution in [0.1, 0.15) is 6.42 Å². The average Bonchev–Trinajstić information content (AvgIpc) is 2.60. The van der Waals surface area contributed by atoms with Crippen LogP contribution in [-0.4, -0.2) is 31.0 Å². The van der Waals surface area contributed by atoms with Crippen LogP contribution >= 0.6 is 24.0 Å². The van der Waals surface area contributed by atoms with E-state index in [1.807, 2.05) is 18.2 Å². The quantitative estimate of drug-likeness (QED) is 0.389. The van der Waals surface area contributed by atoms with Crippen LogP contribution in [0.2, 0.25) is 0 Å². The van der Waals surface area contributed by atoms with E-state index in [1.165, 1.54) is 5.69 Å². The lowest BCUT2D eigenvalue weighted by atomic mass is 10.3. The van der Waals surface area contributed by atoms with Gasteiger partial charge in [-0.3, -0.25) is 0 Å². The van der Waals surface area contributed by atoms with Gasteiger partial charge < -0.3 is 15.5 Å². The molecule has 0 unspecified atom stereocenters. The Morgan fingerprint density at radius 1 is 1.12 bits per heavy atom. The van der Waals surface area contributed by atoms with Crippen molar-refractivity contribution in [2.75, 3.05) is 30.4 Å². The summed E-state index contributed by atoms with van der Waals surface area (Å²) in [6, 6.07) is 17.0. The van der Waals surface area contributed by atoms with E-state index in [0.29, 0.717) is 21.8 Å². The van der Waals surface area contributed by atoms with Gasteiger partial charge in [-0.25, -0.2) is 0 Å². The Kier molecular flexibility index (Phi) is 7.94. The number of rotatable bonds is 8. The van der Waals surface area contributed by atoms with Crippen molar-refractivity contribution in [1.29, 1.82) is 0 Å². The zero-order valence-electron chi connectivity index (χ0n) is 13.9. The first-order chi connectivity index (χ1) is 12.0. The third-order valence-corrected chi connectivity index (χ3v) is 4.46. The van der Waals surface area contributed by atoms with Gasteiger partial charge in [0.2, 0.25) is 0 Å². The van der Waals surface area contributed by atoms with Gasteiger partial charge in [-0.15, -0.1) is 0 Å². The van der Waals surface area contributed by atoms with Gasteiger partial charge in [0.05, 0.1) is 0 Å². The number of alkyl halides is 2. The summed E-state index contributed by atoms with van der Waals surface area (Å²) in [5, 5.41) is 6.73. The lowest BCUT2D eigenvalue weighted by Gasteiger charge is -2.19. The van der Waals surface area contributed by atoms with Crippen LogP contribution in [0.5, 0.6) is 0 Å². The van der Waals surface area contributed by atoms with E-state index in [2.05, 4.69) is 34.7 Å². The maximum Gasteiger partial charge on any atom is 0.288 e. The van der Waals surface area contributed by atoms with Gasteiger partial charge in [0.1, 0.15) is 0 Å². The highest BCUT2D eigenvalue weighted by atomic mass is 32.2. The Labute approximate surface area is 156 Å². The molecule has 0 aliphatic carbocycles. The molecule has 2 rings (SSSR count). The maximum absolute atomic E-state index is 12.3. The molecule has 7 heteroatoms. The molecule has 2 aromatic rings. The van der Waals surface area contributed by atoms with Gasteiger partial charge in [0.15, 0.2) is 5.11 Å². The van der Waals surface area contributed by atoms with E-state index < -0.39 is 5.76 Å². The minimum Gasteiger partial charge on any atom is -0.375 e. The molecule has 3 nitrogen and oxygen atoms in total. The fourth-order valence-electron chi connectivity index (χ4n) is 2.22. The Hall–Kier alpha value is -1.86. The van der Waals surface area contributed by atoms with E-state index in [1.54, 1.807) is 24.3 Å². The van der Waals surface area contributed by atoms with Gasteiger partial charge in [-0.2, -0.15) is 8.78 Å². The standard InChI is InChI=1S/C18H21F2N3S2/c1-23(15-6-3-2-4-7-15)13-5-12-21-18(24)22-14-8-10-16(11-9-14)25-17(19)20/h2-4,6-11,17H,5,12-13H2,1H3,(H2,21,22,24). The summed E-state index contributed by atoms with van der Waals surface area (Å²) in [6.07, 6.45) is 0.942. The molecule has 0 aliphatic rings. The molecule has 134 valence electrons. The highest BCUT2D eigenvalue weighted by molar-refractivity contribution is 7.99. The first-order valence-corrected chi connectivity index (χ1v) is 9.19. The van der Waals surface area contributed by atoms with Crippen molar-refractivity contribution in [3.8, 4) is 0 Å². The molecule has 2 aromatic carbocycles. The summed E-state index contributed by atoms with van der Waals surface area (Å²) >= 11 is 5.78. The lowest BCUT2D eigenvalue weighted by molar-refractivity contribution is 0.252. The van der Waals surface area contributed by atoms with Crippen molar-refractivity contribution < 1.29 is 8.78 Å². The molecule has 0 radical (unpaired) electrons. The third kappa shape index (κ3) is 7.27. The Balaban J connectivity index is 1.67. The molecule has 0 saturated carbocycles. The summed E-state index contributed by atoms with van der Waals surface area (Å²) < 4.78 is 24.6. The van der Waals surface area contributed by atoms with Crippen molar-refractivity contribution in [2.24, 2.45) is 0 Å². The third-order valence-electron chi connectivity index (χ3n) is 3.49. The molecule has 0 saturated heterocycles. The number of anilines is 2. The van der Waals surface area contributed by atoms with Crippen LogP contribution in [0, 0.1) is 0 Å². The number of para-hydroxylation sites is 1. The van der Waals surface area contributed by atoms with Crippen LogP contribution in [0.3, 0.4) is 0 Å². The van der Waals surface area contributed by atoms with Crippen LogP contribution in [0.4, 0.5) is 20.2 Å². The Morgan fingerprint density at radius 3 is 2.44 bits per heavy atom. The fourth-order valence-corrected chi connectivity index (χ4v) is 2.94. The molecular formula is C18H21F2N3S2. The molecule has 0 spiro atoms. The maximum atomic E-state index is 12.3. The number of benzene rings is 2. The number of thiocarbonyl (C=S) groups is 1. The van der Waals surface area contributed by atoms with Crippen LogP contribution < -0.4 is 15.5 Å². The molecule has 0 atom stereocenters. The lowest BCUT2D eigenvalue weighted by Crippen LogP contribution is -2.31. The smallest absolute Gasteiger partial charge is 0.288 e. The first kappa shape index (κ1) is 19.5. The van der Waals surface area contributed by atoms with Crippen molar-refractivity contribution in [1.82, 2.24) is 5.32 Å². The van der Waals surface area contributed by atoms with Gasteiger partial charge in [-0.05, 0) is 55.0 Å². The molecule has 2 N–H and O–H groups in total. The second-order valence-corrected chi connectivity index (χ2v) is 6.87. The number of hydrogen-bond donors (Lipinski definition) is 2. The number of halogens is 2. The molecule has 0 heterocycles. The first-order valence-electron chi connectivity index (χ1n) is 7.90.